The third-order valence-electron chi connectivity index (χ3n) is 3.68. The maximum Gasteiger partial charge on any atom is 0.135 e. The molecule has 22 heavy (non-hydrogen) atoms. The normalized spacial score (nSPS) is 12.3. The van der Waals surface area contributed by atoms with E-state index >= 15 is 0 Å². The van der Waals surface area contributed by atoms with Gasteiger partial charge < -0.3 is 9.73 Å². The molecule has 2 aromatic carbocycles. The van der Waals surface area contributed by atoms with Crippen molar-refractivity contribution in [3.63, 3.8) is 0 Å². The lowest BCUT2D eigenvalue weighted by Gasteiger charge is -2.12. The molecular formula is C19H18ClNO. The fraction of sp³-hybridized carbons (Fsp3) is 0.158. The number of benzene rings is 2. The van der Waals surface area contributed by atoms with Crippen LogP contribution in [0.15, 0.2) is 71.1 Å². The zero-order chi connectivity index (χ0) is 15.4. The summed E-state index contributed by atoms with van der Waals surface area (Å²) in [6.07, 6.45) is 0. The molecule has 112 valence electrons. The van der Waals surface area contributed by atoms with Crippen molar-refractivity contribution in [3.05, 3.63) is 83.1 Å². The zero-order valence-corrected chi connectivity index (χ0v) is 13.2. The van der Waals surface area contributed by atoms with Crippen molar-refractivity contribution in [3.8, 4) is 11.3 Å². The van der Waals surface area contributed by atoms with Gasteiger partial charge in [-0.25, -0.2) is 0 Å². The Balaban J connectivity index is 1.67. The zero-order valence-electron chi connectivity index (χ0n) is 12.4. The lowest BCUT2D eigenvalue weighted by Crippen LogP contribution is -2.17. The van der Waals surface area contributed by atoms with E-state index in [0.717, 1.165) is 17.1 Å². The number of hydrogen-bond acceptors (Lipinski definition) is 2. The van der Waals surface area contributed by atoms with E-state index in [1.165, 1.54) is 5.56 Å². The molecule has 0 amide bonds. The van der Waals surface area contributed by atoms with E-state index in [1.54, 1.807) is 0 Å². The molecule has 3 aromatic rings. The van der Waals surface area contributed by atoms with Gasteiger partial charge in [-0.3, -0.25) is 0 Å². The second-order valence-electron chi connectivity index (χ2n) is 5.26. The number of rotatable bonds is 5. The highest BCUT2D eigenvalue weighted by Gasteiger charge is 2.09. The summed E-state index contributed by atoms with van der Waals surface area (Å²) in [5.41, 5.74) is 2.19. The smallest absolute Gasteiger partial charge is 0.135 e. The molecule has 0 aliphatic heterocycles. The quantitative estimate of drug-likeness (QED) is 0.677. The van der Waals surface area contributed by atoms with E-state index < -0.39 is 0 Å². The summed E-state index contributed by atoms with van der Waals surface area (Å²) in [6, 6.07) is 22.3. The van der Waals surface area contributed by atoms with Crippen LogP contribution in [0.2, 0.25) is 5.02 Å². The van der Waals surface area contributed by atoms with Crippen LogP contribution in [0.4, 0.5) is 0 Å². The SMILES string of the molecule is CC(NCc1ccc(-c2ccccc2Cl)o1)c1ccccc1. The monoisotopic (exact) mass is 311 g/mol. The molecule has 0 bridgehead atoms. The molecule has 2 nitrogen and oxygen atoms in total. The average Bonchev–Trinajstić information content (AvgIpc) is 3.02. The molecule has 3 rings (SSSR count). The summed E-state index contributed by atoms with van der Waals surface area (Å²) in [5, 5.41) is 4.17. The molecule has 0 spiro atoms. The Morgan fingerprint density at radius 3 is 2.45 bits per heavy atom. The van der Waals surface area contributed by atoms with Gasteiger partial charge in [0.25, 0.3) is 0 Å². The highest BCUT2D eigenvalue weighted by atomic mass is 35.5. The predicted octanol–water partition coefficient (Wildman–Crippen LogP) is 5.45. The Bertz CT molecular complexity index is 736. The number of furan rings is 1. The lowest BCUT2D eigenvalue weighted by molar-refractivity contribution is 0.468. The Labute approximate surface area is 135 Å². The van der Waals surface area contributed by atoms with Crippen molar-refractivity contribution in [1.82, 2.24) is 5.32 Å². The molecule has 1 aromatic heterocycles. The summed E-state index contributed by atoms with van der Waals surface area (Å²) in [6.45, 7) is 2.83. The number of halogens is 1. The van der Waals surface area contributed by atoms with E-state index in [2.05, 4.69) is 36.5 Å². The largest absolute Gasteiger partial charge is 0.460 e. The first-order chi connectivity index (χ1) is 10.7. The van der Waals surface area contributed by atoms with Crippen LogP contribution in [0.3, 0.4) is 0 Å². The van der Waals surface area contributed by atoms with Crippen LogP contribution in [-0.4, -0.2) is 0 Å². The van der Waals surface area contributed by atoms with Crippen molar-refractivity contribution in [2.75, 3.05) is 0 Å². The summed E-state index contributed by atoms with van der Waals surface area (Å²) in [4.78, 5) is 0. The molecule has 1 unspecified atom stereocenters. The summed E-state index contributed by atoms with van der Waals surface area (Å²) in [7, 11) is 0. The summed E-state index contributed by atoms with van der Waals surface area (Å²) >= 11 is 6.20. The van der Waals surface area contributed by atoms with Gasteiger partial charge in [-0.1, -0.05) is 54.1 Å². The fourth-order valence-electron chi connectivity index (χ4n) is 2.39. The molecule has 1 N–H and O–H groups in total. The second-order valence-corrected chi connectivity index (χ2v) is 5.67. The van der Waals surface area contributed by atoms with E-state index in [4.69, 9.17) is 16.0 Å². The van der Waals surface area contributed by atoms with Gasteiger partial charge in [0.05, 0.1) is 11.6 Å². The van der Waals surface area contributed by atoms with Crippen LogP contribution >= 0.6 is 11.6 Å². The Kier molecular flexibility index (Phi) is 4.62. The van der Waals surface area contributed by atoms with Gasteiger partial charge in [-0.05, 0) is 36.8 Å². The van der Waals surface area contributed by atoms with E-state index in [1.807, 2.05) is 42.5 Å². The second kappa shape index (κ2) is 6.82. The molecule has 0 aliphatic rings. The minimum absolute atomic E-state index is 0.273. The predicted molar refractivity (Wildman–Crippen MR) is 90.9 cm³/mol. The first-order valence-electron chi connectivity index (χ1n) is 7.36. The minimum Gasteiger partial charge on any atom is -0.460 e. The standard InChI is InChI=1S/C19H18ClNO/c1-14(15-7-3-2-4-8-15)21-13-16-11-12-19(22-16)17-9-5-6-10-18(17)20/h2-12,14,21H,13H2,1H3. The fourth-order valence-corrected chi connectivity index (χ4v) is 2.62. The van der Waals surface area contributed by atoms with Crippen LogP contribution in [-0.2, 0) is 6.54 Å². The van der Waals surface area contributed by atoms with Crippen molar-refractivity contribution in [1.29, 1.82) is 0 Å². The molecule has 3 heteroatoms. The van der Waals surface area contributed by atoms with Crippen LogP contribution in [0.25, 0.3) is 11.3 Å². The van der Waals surface area contributed by atoms with E-state index in [9.17, 15) is 0 Å². The molecule has 1 heterocycles. The molecule has 0 saturated carbocycles. The van der Waals surface area contributed by atoms with Gasteiger partial charge in [0.1, 0.15) is 11.5 Å². The molecule has 0 aliphatic carbocycles. The van der Waals surface area contributed by atoms with Crippen molar-refractivity contribution < 1.29 is 4.42 Å². The van der Waals surface area contributed by atoms with Gasteiger partial charge in [0.15, 0.2) is 0 Å². The highest BCUT2D eigenvalue weighted by molar-refractivity contribution is 6.33. The van der Waals surface area contributed by atoms with Gasteiger partial charge >= 0.3 is 0 Å². The first-order valence-corrected chi connectivity index (χ1v) is 7.74. The Hall–Kier alpha value is -2.03. The topological polar surface area (TPSA) is 25.2 Å². The van der Waals surface area contributed by atoms with Crippen LogP contribution in [0, 0.1) is 0 Å². The van der Waals surface area contributed by atoms with Gasteiger partial charge in [-0.2, -0.15) is 0 Å². The third-order valence-corrected chi connectivity index (χ3v) is 4.01. The third kappa shape index (κ3) is 3.41. The maximum atomic E-state index is 6.20. The van der Waals surface area contributed by atoms with Gasteiger partial charge in [0, 0.05) is 11.6 Å². The summed E-state index contributed by atoms with van der Waals surface area (Å²) < 4.78 is 5.89. The van der Waals surface area contributed by atoms with Crippen molar-refractivity contribution >= 4 is 11.6 Å². The first kappa shape index (κ1) is 14.9. The Morgan fingerprint density at radius 1 is 0.955 bits per heavy atom. The molecule has 0 radical (unpaired) electrons. The molecule has 0 fully saturated rings. The minimum atomic E-state index is 0.273. The van der Waals surface area contributed by atoms with Crippen LogP contribution < -0.4 is 5.32 Å². The summed E-state index contributed by atoms with van der Waals surface area (Å²) in [5.74, 6) is 1.70. The molecular weight excluding hydrogens is 294 g/mol. The highest BCUT2D eigenvalue weighted by Crippen LogP contribution is 2.29. The van der Waals surface area contributed by atoms with Crippen molar-refractivity contribution in [2.24, 2.45) is 0 Å². The van der Waals surface area contributed by atoms with Gasteiger partial charge in [-0.15, -0.1) is 0 Å². The van der Waals surface area contributed by atoms with Gasteiger partial charge in [0.2, 0.25) is 0 Å². The van der Waals surface area contributed by atoms with E-state index in [0.29, 0.717) is 11.6 Å². The van der Waals surface area contributed by atoms with Crippen LogP contribution in [0.1, 0.15) is 24.3 Å². The maximum absolute atomic E-state index is 6.20. The molecule has 0 saturated heterocycles. The van der Waals surface area contributed by atoms with Crippen LogP contribution in [0.5, 0.6) is 0 Å². The Morgan fingerprint density at radius 2 is 1.68 bits per heavy atom. The van der Waals surface area contributed by atoms with E-state index in [-0.39, 0.29) is 6.04 Å². The lowest BCUT2D eigenvalue weighted by atomic mass is 10.1. The number of hydrogen-bond donors (Lipinski definition) is 1. The average molecular weight is 312 g/mol. The molecule has 1 atom stereocenters. The van der Waals surface area contributed by atoms with Crippen molar-refractivity contribution in [2.45, 2.75) is 19.5 Å². The number of nitrogens with one attached hydrogen (secondary N) is 1.